The van der Waals surface area contributed by atoms with Crippen molar-refractivity contribution in [3.8, 4) is 0 Å². The second kappa shape index (κ2) is 9.49. The summed E-state index contributed by atoms with van der Waals surface area (Å²) >= 11 is 10.7. The maximum atomic E-state index is 6.50. The highest BCUT2D eigenvalue weighted by Crippen LogP contribution is 2.37. The molecule has 25 heavy (non-hydrogen) atoms. The first-order chi connectivity index (χ1) is 11.4. The molecule has 0 fully saturated rings. The largest absolute Gasteiger partial charge is 0.416 e. The molecule has 0 spiro atoms. The molecule has 0 bridgehead atoms. The predicted octanol–water partition coefficient (Wildman–Crippen LogP) is 6.24. The van der Waals surface area contributed by atoms with Gasteiger partial charge >= 0.3 is 0 Å². The van der Waals surface area contributed by atoms with Crippen LogP contribution in [-0.4, -0.2) is 32.9 Å². The molecule has 1 rings (SSSR count). The fraction of sp³-hybridized carbons (Fsp3) is 0.611. The van der Waals surface area contributed by atoms with Crippen LogP contribution in [0.25, 0.3) is 0 Å². The van der Waals surface area contributed by atoms with Gasteiger partial charge in [-0.05, 0) is 79.2 Å². The van der Waals surface area contributed by atoms with Gasteiger partial charge in [-0.3, -0.25) is 0 Å². The number of anilines is 1. The number of nitrogens with zero attached hydrogens (tertiary/aromatic N) is 2. The van der Waals surface area contributed by atoms with Gasteiger partial charge in [0.2, 0.25) is 0 Å². The van der Waals surface area contributed by atoms with E-state index in [1.54, 1.807) is 0 Å². The summed E-state index contributed by atoms with van der Waals surface area (Å²) in [5.41, 5.74) is 0.784. The van der Waals surface area contributed by atoms with Crippen LogP contribution in [-0.2, 0) is 4.43 Å². The Morgan fingerprint density at radius 3 is 2.32 bits per heavy atom. The third kappa shape index (κ3) is 6.76. The lowest BCUT2D eigenvalue weighted by atomic mass is 9.94. The minimum absolute atomic E-state index is 0.214. The Bertz CT molecular complexity index is 603. The number of rotatable bonds is 8. The Morgan fingerprint density at radius 1 is 1.24 bits per heavy atom. The van der Waals surface area contributed by atoms with E-state index < -0.39 is 9.76 Å². The minimum Gasteiger partial charge on any atom is -0.416 e. The van der Waals surface area contributed by atoms with Crippen LogP contribution < -0.4 is 4.90 Å². The molecule has 0 aliphatic heterocycles. The Labute approximate surface area is 180 Å². The summed E-state index contributed by atoms with van der Waals surface area (Å²) in [6.45, 7) is 18.1. The molecule has 0 aliphatic rings. The topological polar surface area (TPSA) is 25.4 Å². The molecule has 0 aliphatic carbocycles. The van der Waals surface area contributed by atoms with E-state index in [9.17, 15) is 0 Å². The van der Waals surface area contributed by atoms with E-state index in [1.165, 1.54) is 0 Å². The van der Waals surface area contributed by atoms with Crippen LogP contribution in [0, 0.1) is 0 Å². The van der Waals surface area contributed by atoms with Gasteiger partial charge in [0.25, 0.3) is 0 Å². The fourth-order valence-electron chi connectivity index (χ4n) is 2.76. The highest BCUT2D eigenvalue weighted by Gasteiger charge is 2.35. The Morgan fingerprint density at radius 2 is 1.84 bits per heavy atom. The van der Waals surface area contributed by atoms with E-state index >= 15 is 0 Å². The summed E-state index contributed by atoms with van der Waals surface area (Å²) in [7, 11) is -0.653. The molecule has 0 saturated carbocycles. The third-order valence-electron chi connectivity index (χ3n) is 3.95. The summed E-state index contributed by atoms with van der Waals surface area (Å²) in [4.78, 5) is 6.87. The second-order valence-corrected chi connectivity index (χ2v) is 12.9. The van der Waals surface area contributed by atoms with E-state index in [4.69, 9.17) is 4.43 Å². The van der Waals surface area contributed by atoms with Gasteiger partial charge in [-0.1, -0.05) is 33.8 Å². The van der Waals surface area contributed by atoms with E-state index in [-0.39, 0.29) is 16.7 Å². The molecule has 0 N–H and O–H groups in total. The lowest BCUT2D eigenvalue weighted by Gasteiger charge is -2.44. The molecular weight excluding hydrogens is 528 g/mol. The molecule has 0 saturated heterocycles. The van der Waals surface area contributed by atoms with Crippen LogP contribution in [0.1, 0.15) is 48.0 Å². The molecular formula is C18H29Br3N2OSi. The van der Waals surface area contributed by atoms with Gasteiger partial charge in [0, 0.05) is 6.54 Å². The smallest absolute Gasteiger partial charge is 0.167 e. The van der Waals surface area contributed by atoms with Crippen LogP contribution >= 0.6 is 47.8 Å². The number of hydrogen-bond acceptors (Lipinski definition) is 3. The van der Waals surface area contributed by atoms with E-state index in [0.717, 1.165) is 32.3 Å². The van der Waals surface area contributed by atoms with Crippen LogP contribution in [0.2, 0.25) is 5.04 Å². The molecule has 7 heteroatoms. The Hall–Kier alpha value is 0.307. The quantitative estimate of drug-likeness (QED) is 0.215. The molecule has 3 nitrogen and oxygen atoms in total. The molecule has 0 unspecified atom stereocenters. The molecule has 0 amide bonds. The van der Waals surface area contributed by atoms with Crippen molar-refractivity contribution in [2.45, 2.75) is 64.6 Å². The average Bonchev–Trinajstić information content (AvgIpc) is 2.48. The zero-order chi connectivity index (χ0) is 19.4. The molecule has 1 aromatic heterocycles. The summed E-state index contributed by atoms with van der Waals surface area (Å²) in [6.07, 6.45) is 2.90. The first-order valence-electron chi connectivity index (χ1n) is 8.46. The summed E-state index contributed by atoms with van der Waals surface area (Å²) in [6, 6.07) is 2.30. The molecule has 1 heterocycles. The van der Waals surface area contributed by atoms with Gasteiger partial charge in [0.05, 0.1) is 21.8 Å². The van der Waals surface area contributed by atoms with Crippen molar-refractivity contribution < 1.29 is 4.43 Å². The lowest BCUT2D eigenvalue weighted by molar-refractivity contribution is 0.0751. The summed E-state index contributed by atoms with van der Waals surface area (Å²) < 4.78 is 9.02. The Balaban J connectivity index is 3.25. The number of halogens is 3. The first-order valence-corrected chi connectivity index (χ1v) is 12.1. The van der Waals surface area contributed by atoms with Gasteiger partial charge in [-0.25, -0.2) is 4.98 Å². The fourth-order valence-corrected chi connectivity index (χ4v) is 5.11. The zero-order valence-electron chi connectivity index (χ0n) is 16.0. The molecule has 1 aromatic rings. The maximum absolute atomic E-state index is 6.50. The average molecular weight is 557 g/mol. The van der Waals surface area contributed by atoms with E-state index in [1.807, 2.05) is 6.08 Å². The van der Waals surface area contributed by atoms with Crippen molar-refractivity contribution in [2.75, 3.05) is 11.4 Å². The second-order valence-electron chi connectivity index (χ2n) is 7.89. The van der Waals surface area contributed by atoms with Crippen molar-refractivity contribution >= 4 is 63.2 Å². The van der Waals surface area contributed by atoms with Crippen LogP contribution in [0.5, 0.6) is 0 Å². The molecule has 142 valence electrons. The molecule has 1 atom stereocenters. The van der Waals surface area contributed by atoms with Crippen molar-refractivity contribution in [1.29, 1.82) is 0 Å². The van der Waals surface area contributed by atoms with Crippen LogP contribution in [0.4, 0.5) is 5.69 Å². The van der Waals surface area contributed by atoms with Crippen LogP contribution in [0.3, 0.4) is 0 Å². The van der Waals surface area contributed by atoms with Crippen LogP contribution in [0.15, 0.2) is 32.4 Å². The molecule has 0 radical (unpaired) electrons. The van der Waals surface area contributed by atoms with Crippen molar-refractivity contribution in [3.05, 3.63) is 32.4 Å². The van der Waals surface area contributed by atoms with E-state index in [0.29, 0.717) is 0 Å². The number of aromatic nitrogens is 1. The van der Waals surface area contributed by atoms with Crippen molar-refractivity contribution in [3.63, 3.8) is 0 Å². The minimum atomic E-state index is -0.653. The highest BCUT2D eigenvalue weighted by molar-refractivity contribution is 9.13. The maximum Gasteiger partial charge on any atom is 0.167 e. The lowest BCUT2D eigenvalue weighted by Crippen LogP contribution is -2.52. The first kappa shape index (κ1) is 23.3. The van der Waals surface area contributed by atoms with Gasteiger partial charge in [-0.15, -0.1) is 6.58 Å². The normalized spacial score (nSPS) is 14.1. The zero-order valence-corrected chi connectivity index (χ0v) is 22.2. The summed E-state index contributed by atoms with van der Waals surface area (Å²) in [5.74, 6) is 0. The highest BCUT2D eigenvalue weighted by atomic mass is 79.9. The standard InChI is InChI=1S/C18H29Br3N2OSi/c1-8-10-23(13-11-12(19)15(20)22-16(13)21)14(9-2)18(6,7)24-25-17(3,4)5/h8,11,14H,1,9-10,25H2,2-7H3/t14-/m0/s1. The SMILES string of the molecule is C=CCN(c1cc(Br)c(Br)nc1Br)[C@@H](CC)C(C)(C)O[SiH2]C(C)(C)C. The van der Waals surface area contributed by atoms with Gasteiger partial charge < -0.3 is 9.33 Å². The number of hydrogen-bond donors (Lipinski definition) is 0. The number of pyridine rings is 1. The third-order valence-corrected chi connectivity index (χ3v) is 8.03. The van der Waals surface area contributed by atoms with Gasteiger partial charge in [0.15, 0.2) is 9.76 Å². The summed E-state index contributed by atoms with van der Waals surface area (Å²) in [5, 5.41) is 0.265. The van der Waals surface area contributed by atoms with Gasteiger partial charge in [0.1, 0.15) is 9.21 Å². The van der Waals surface area contributed by atoms with Crippen molar-refractivity contribution in [2.24, 2.45) is 0 Å². The molecule has 0 aromatic carbocycles. The van der Waals surface area contributed by atoms with Crippen molar-refractivity contribution in [1.82, 2.24) is 4.98 Å². The monoisotopic (exact) mass is 554 g/mol. The van der Waals surface area contributed by atoms with Gasteiger partial charge in [-0.2, -0.15) is 0 Å². The van der Waals surface area contributed by atoms with E-state index in [2.05, 4.69) is 112 Å². The Kier molecular flexibility index (Phi) is 8.86. The predicted molar refractivity (Wildman–Crippen MR) is 122 cm³/mol.